The number of aromatic hydroxyl groups is 1. The minimum Gasteiger partial charge on any atom is -0.508 e. The van der Waals surface area contributed by atoms with E-state index in [1.165, 1.54) is 30.4 Å². The molecule has 0 radical (unpaired) electrons. The van der Waals surface area contributed by atoms with E-state index in [1.54, 1.807) is 12.1 Å². The number of benzene rings is 1. The second-order valence-corrected chi connectivity index (χ2v) is 9.29. The molecule has 1 spiro atoms. The lowest BCUT2D eigenvalue weighted by molar-refractivity contribution is -0.186. The smallest absolute Gasteiger partial charge is 0.232 e. The largest absolute Gasteiger partial charge is 0.508 e. The van der Waals surface area contributed by atoms with Crippen LogP contribution in [0.5, 0.6) is 5.75 Å². The molecule has 3 fully saturated rings. The Kier molecular flexibility index (Phi) is 5.23. The molecular weight excluding hydrogens is 374 g/mol. The van der Waals surface area contributed by atoms with Gasteiger partial charge in [-0.1, -0.05) is 31.4 Å². The summed E-state index contributed by atoms with van der Waals surface area (Å²) in [7, 11) is 0. The Morgan fingerprint density at radius 1 is 0.967 bits per heavy atom. The summed E-state index contributed by atoms with van der Waals surface area (Å²) in [5.41, 5.74) is 2.32. The molecule has 1 atom stereocenters. The van der Waals surface area contributed by atoms with Crippen molar-refractivity contribution in [1.29, 1.82) is 0 Å². The SMILES string of the molecule is O=C1N(C2CCN(Cc3ccc(O)cc3)CC2)C(c2ccncc2)C12CCCCC2. The molecule has 5 heteroatoms. The van der Waals surface area contributed by atoms with Crippen LogP contribution in [0.4, 0.5) is 0 Å². The fourth-order valence-corrected chi connectivity index (χ4v) is 5.98. The maximum atomic E-state index is 13.5. The van der Waals surface area contributed by atoms with Gasteiger partial charge in [0.1, 0.15) is 5.75 Å². The Balaban J connectivity index is 1.29. The van der Waals surface area contributed by atoms with E-state index >= 15 is 0 Å². The van der Waals surface area contributed by atoms with Crippen LogP contribution >= 0.6 is 0 Å². The predicted molar refractivity (Wildman–Crippen MR) is 116 cm³/mol. The molecule has 1 saturated carbocycles. The van der Waals surface area contributed by atoms with Gasteiger partial charge in [0.15, 0.2) is 0 Å². The number of amides is 1. The summed E-state index contributed by atoms with van der Waals surface area (Å²) in [6.07, 6.45) is 11.5. The van der Waals surface area contributed by atoms with Crippen molar-refractivity contribution in [3.05, 3.63) is 59.9 Å². The standard InChI is InChI=1S/C25H31N3O2/c29-22-6-4-19(5-7-22)18-27-16-10-21(11-17-27)28-23(20-8-14-26-15-9-20)25(24(28)30)12-2-1-3-13-25/h4-9,14-15,21,23,29H,1-3,10-13,16-18H2. The van der Waals surface area contributed by atoms with Gasteiger partial charge in [-0.3, -0.25) is 14.7 Å². The molecule has 5 nitrogen and oxygen atoms in total. The molecule has 2 aliphatic heterocycles. The summed E-state index contributed by atoms with van der Waals surface area (Å²) in [6, 6.07) is 12.3. The van der Waals surface area contributed by atoms with Gasteiger partial charge in [-0.2, -0.15) is 0 Å². The number of likely N-dealkylation sites (tertiary alicyclic amines) is 2. The quantitative estimate of drug-likeness (QED) is 0.771. The van der Waals surface area contributed by atoms with E-state index in [4.69, 9.17) is 0 Å². The third-order valence-corrected chi connectivity index (χ3v) is 7.52. The normalized spacial score (nSPS) is 24.7. The molecular formula is C25H31N3O2. The zero-order chi connectivity index (χ0) is 20.6. The highest BCUT2D eigenvalue weighted by Gasteiger charge is 2.62. The number of piperidine rings is 1. The number of rotatable bonds is 4. The summed E-state index contributed by atoms with van der Waals surface area (Å²) in [6.45, 7) is 2.91. The molecule has 5 rings (SSSR count). The fourth-order valence-electron chi connectivity index (χ4n) is 5.98. The first-order valence-electron chi connectivity index (χ1n) is 11.4. The van der Waals surface area contributed by atoms with Crippen molar-refractivity contribution in [2.75, 3.05) is 13.1 Å². The highest BCUT2D eigenvalue weighted by molar-refractivity contribution is 5.91. The molecule has 30 heavy (non-hydrogen) atoms. The molecule has 1 N–H and O–H groups in total. The van der Waals surface area contributed by atoms with Gasteiger partial charge in [-0.25, -0.2) is 0 Å². The average Bonchev–Trinajstić information content (AvgIpc) is 2.80. The van der Waals surface area contributed by atoms with Crippen molar-refractivity contribution >= 4 is 5.91 Å². The number of nitrogens with zero attached hydrogens (tertiary/aromatic N) is 3. The summed E-state index contributed by atoms with van der Waals surface area (Å²) < 4.78 is 0. The van der Waals surface area contributed by atoms with Gasteiger partial charge in [0.2, 0.25) is 5.91 Å². The van der Waals surface area contributed by atoms with Crippen LogP contribution in [0.15, 0.2) is 48.8 Å². The van der Waals surface area contributed by atoms with Crippen LogP contribution in [0.3, 0.4) is 0 Å². The third kappa shape index (κ3) is 3.39. The minimum absolute atomic E-state index is 0.164. The van der Waals surface area contributed by atoms with Crippen molar-refractivity contribution in [2.45, 2.75) is 63.6 Å². The Hall–Kier alpha value is -2.40. The monoisotopic (exact) mass is 405 g/mol. The van der Waals surface area contributed by atoms with Gasteiger partial charge in [0.05, 0.1) is 11.5 Å². The van der Waals surface area contributed by atoms with Gasteiger partial charge >= 0.3 is 0 Å². The van der Waals surface area contributed by atoms with Crippen LogP contribution in [0.1, 0.15) is 62.1 Å². The van der Waals surface area contributed by atoms with E-state index in [1.807, 2.05) is 24.5 Å². The highest BCUT2D eigenvalue weighted by atomic mass is 16.3. The number of aromatic nitrogens is 1. The number of carbonyl (C=O) groups excluding carboxylic acids is 1. The van der Waals surface area contributed by atoms with Gasteiger partial charge in [-0.15, -0.1) is 0 Å². The summed E-state index contributed by atoms with van der Waals surface area (Å²) in [5, 5.41) is 9.49. The van der Waals surface area contributed by atoms with E-state index in [0.29, 0.717) is 17.7 Å². The molecule has 2 aromatic rings. The number of phenols is 1. The molecule has 1 unspecified atom stereocenters. The Morgan fingerprint density at radius 2 is 1.63 bits per heavy atom. The molecule has 2 saturated heterocycles. The van der Waals surface area contributed by atoms with Crippen LogP contribution in [-0.4, -0.2) is 44.9 Å². The predicted octanol–water partition coefficient (Wildman–Crippen LogP) is 4.29. The van der Waals surface area contributed by atoms with Gasteiger partial charge in [0, 0.05) is 38.1 Å². The lowest BCUT2D eigenvalue weighted by Gasteiger charge is -2.61. The number of pyridine rings is 1. The molecule has 1 aromatic heterocycles. The molecule has 1 amide bonds. The first-order chi connectivity index (χ1) is 14.7. The van der Waals surface area contributed by atoms with Crippen LogP contribution in [-0.2, 0) is 11.3 Å². The number of phenolic OH excluding ortho intramolecular Hbond substituents is 1. The van der Waals surface area contributed by atoms with Crippen LogP contribution in [0.2, 0.25) is 0 Å². The summed E-state index contributed by atoms with van der Waals surface area (Å²) >= 11 is 0. The highest BCUT2D eigenvalue weighted by Crippen LogP contribution is 2.59. The van der Waals surface area contributed by atoms with E-state index in [0.717, 1.165) is 45.3 Å². The zero-order valence-electron chi connectivity index (χ0n) is 17.5. The van der Waals surface area contributed by atoms with E-state index in [9.17, 15) is 9.90 Å². The van der Waals surface area contributed by atoms with Crippen molar-refractivity contribution in [1.82, 2.24) is 14.8 Å². The lowest BCUT2D eigenvalue weighted by atomic mass is 9.59. The second-order valence-electron chi connectivity index (χ2n) is 9.29. The van der Waals surface area contributed by atoms with Crippen LogP contribution in [0.25, 0.3) is 0 Å². The van der Waals surface area contributed by atoms with Gasteiger partial charge in [0.25, 0.3) is 0 Å². The van der Waals surface area contributed by atoms with E-state index in [-0.39, 0.29) is 11.5 Å². The van der Waals surface area contributed by atoms with Gasteiger partial charge in [-0.05, 0) is 61.1 Å². The average molecular weight is 406 g/mol. The lowest BCUT2D eigenvalue weighted by Crippen LogP contribution is -2.67. The third-order valence-electron chi connectivity index (χ3n) is 7.52. The zero-order valence-corrected chi connectivity index (χ0v) is 17.5. The Morgan fingerprint density at radius 3 is 2.30 bits per heavy atom. The maximum Gasteiger partial charge on any atom is 0.232 e. The van der Waals surface area contributed by atoms with Crippen LogP contribution in [0, 0.1) is 5.41 Å². The van der Waals surface area contributed by atoms with Crippen molar-refractivity contribution < 1.29 is 9.90 Å². The van der Waals surface area contributed by atoms with E-state index in [2.05, 4.69) is 26.9 Å². The van der Waals surface area contributed by atoms with Gasteiger partial charge < -0.3 is 10.0 Å². The number of hydrogen-bond donors (Lipinski definition) is 1. The first-order valence-corrected chi connectivity index (χ1v) is 11.4. The molecule has 3 aliphatic rings. The second kappa shape index (κ2) is 8.03. The topological polar surface area (TPSA) is 56.7 Å². The fraction of sp³-hybridized carbons (Fsp3) is 0.520. The van der Waals surface area contributed by atoms with Crippen molar-refractivity contribution in [2.24, 2.45) is 5.41 Å². The number of carbonyl (C=O) groups is 1. The molecule has 1 aromatic carbocycles. The number of hydrogen-bond acceptors (Lipinski definition) is 4. The Bertz CT molecular complexity index is 869. The number of β-lactam (4-membered cyclic amide) rings is 1. The maximum absolute atomic E-state index is 13.5. The minimum atomic E-state index is -0.164. The van der Waals surface area contributed by atoms with Crippen LogP contribution < -0.4 is 0 Å². The molecule has 0 bridgehead atoms. The molecule has 3 heterocycles. The first kappa shape index (κ1) is 19.6. The Labute approximate surface area is 178 Å². The summed E-state index contributed by atoms with van der Waals surface area (Å²) in [4.78, 5) is 22.4. The van der Waals surface area contributed by atoms with E-state index < -0.39 is 0 Å². The molecule has 1 aliphatic carbocycles. The van der Waals surface area contributed by atoms with Crippen molar-refractivity contribution in [3.63, 3.8) is 0 Å². The summed E-state index contributed by atoms with van der Waals surface area (Å²) in [5.74, 6) is 0.716. The van der Waals surface area contributed by atoms with Crippen molar-refractivity contribution in [3.8, 4) is 5.75 Å². The molecule has 158 valence electrons.